The number of carboxylic acid groups (broad SMARTS) is 1. The van der Waals surface area contributed by atoms with Gasteiger partial charge in [-0.3, -0.25) is 4.99 Å². The van der Waals surface area contributed by atoms with Crippen LogP contribution in [0.4, 0.5) is 5.69 Å². The number of hydrogen-bond acceptors (Lipinski definition) is 6. The Labute approximate surface area is 108 Å². The summed E-state index contributed by atoms with van der Waals surface area (Å²) in [5, 5.41) is 11.9. The van der Waals surface area contributed by atoms with E-state index in [4.69, 9.17) is 5.11 Å². The zero-order valence-corrected chi connectivity index (χ0v) is 9.69. The van der Waals surface area contributed by atoms with E-state index < -0.39 is 5.97 Å². The molecular formula is C12H9N5O2. The van der Waals surface area contributed by atoms with E-state index in [1.807, 2.05) is 0 Å². The molecule has 2 heterocycles. The third-order valence-corrected chi connectivity index (χ3v) is 2.70. The first-order chi connectivity index (χ1) is 9.24. The van der Waals surface area contributed by atoms with Crippen LogP contribution in [0.3, 0.4) is 0 Å². The molecule has 0 amide bonds. The highest BCUT2D eigenvalue weighted by atomic mass is 16.4. The Hall–Kier alpha value is -2.83. The maximum Gasteiger partial charge on any atom is 0.335 e. The maximum atomic E-state index is 10.8. The van der Waals surface area contributed by atoms with Crippen LogP contribution >= 0.6 is 0 Å². The van der Waals surface area contributed by atoms with Crippen molar-refractivity contribution in [1.82, 2.24) is 0 Å². The number of hydrogen-bond donors (Lipinski definition) is 2. The van der Waals surface area contributed by atoms with E-state index in [0.29, 0.717) is 11.7 Å². The standard InChI is InChI=1S/C12H9N5O2/c18-12(19)7-1-3-8(4-2-7)17-11-9-10(14-5-13-9)15-6-16-11/h1-6,9H,(H,18,19)(H,13,14,15,16,17). The number of anilines is 1. The van der Waals surface area contributed by atoms with Gasteiger partial charge in [0.1, 0.15) is 18.5 Å². The predicted octanol–water partition coefficient (Wildman–Crippen LogP) is 1.05. The van der Waals surface area contributed by atoms with Crippen molar-refractivity contribution < 1.29 is 9.90 Å². The van der Waals surface area contributed by atoms with Crippen LogP contribution in [0.5, 0.6) is 0 Å². The quantitative estimate of drug-likeness (QED) is 0.826. The Kier molecular flexibility index (Phi) is 2.64. The predicted molar refractivity (Wildman–Crippen MR) is 72.7 cm³/mol. The van der Waals surface area contributed by atoms with E-state index >= 15 is 0 Å². The summed E-state index contributed by atoms with van der Waals surface area (Å²) in [5.74, 6) is 0.258. The van der Waals surface area contributed by atoms with Gasteiger partial charge in [0.2, 0.25) is 0 Å². The van der Waals surface area contributed by atoms with Crippen LogP contribution in [0.15, 0.2) is 44.2 Å². The number of rotatable bonds is 2. The summed E-state index contributed by atoms with van der Waals surface area (Å²) in [7, 11) is 0. The van der Waals surface area contributed by atoms with E-state index in [9.17, 15) is 4.79 Å². The molecule has 1 aromatic carbocycles. The summed E-state index contributed by atoms with van der Waals surface area (Å²) in [5.41, 5.74) is 0.972. The molecule has 0 spiro atoms. The molecule has 7 nitrogen and oxygen atoms in total. The molecular weight excluding hydrogens is 246 g/mol. The minimum absolute atomic E-state index is 0.235. The lowest BCUT2D eigenvalue weighted by Crippen LogP contribution is -2.33. The van der Waals surface area contributed by atoms with Crippen molar-refractivity contribution in [2.45, 2.75) is 6.04 Å². The molecule has 0 saturated carbocycles. The molecule has 1 aromatic rings. The molecule has 0 aliphatic carbocycles. The van der Waals surface area contributed by atoms with Crippen molar-refractivity contribution in [2.24, 2.45) is 20.0 Å². The van der Waals surface area contributed by atoms with E-state index in [-0.39, 0.29) is 11.6 Å². The third-order valence-electron chi connectivity index (χ3n) is 2.70. The van der Waals surface area contributed by atoms with Gasteiger partial charge in [-0.15, -0.1) is 0 Å². The van der Waals surface area contributed by atoms with Crippen molar-refractivity contribution in [3.8, 4) is 0 Å². The second-order valence-electron chi connectivity index (χ2n) is 3.92. The van der Waals surface area contributed by atoms with Crippen molar-refractivity contribution in [3.05, 3.63) is 29.8 Å². The van der Waals surface area contributed by atoms with Gasteiger partial charge in [0.05, 0.1) is 5.56 Å². The van der Waals surface area contributed by atoms with E-state index in [0.717, 1.165) is 5.69 Å². The fourth-order valence-electron chi connectivity index (χ4n) is 1.76. The molecule has 3 rings (SSSR count). The molecule has 0 radical (unpaired) electrons. The highest BCUT2D eigenvalue weighted by Crippen LogP contribution is 2.14. The molecule has 0 fully saturated rings. The Balaban J connectivity index is 1.80. The first-order valence-corrected chi connectivity index (χ1v) is 5.54. The number of aromatic carboxylic acids is 1. The van der Waals surface area contributed by atoms with E-state index in [1.54, 1.807) is 12.1 Å². The van der Waals surface area contributed by atoms with Crippen LogP contribution in [0.25, 0.3) is 0 Å². The van der Waals surface area contributed by atoms with Crippen molar-refractivity contribution in [3.63, 3.8) is 0 Å². The van der Waals surface area contributed by atoms with Crippen LogP contribution in [0.2, 0.25) is 0 Å². The first-order valence-electron chi connectivity index (χ1n) is 5.54. The van der Waals surface area contributed by atoms with Crippen LogP contribution in [0, 0.1) is 0 Å². The number of nitrogens with one attached hydrogen (secondary N) is 1. The number of benzene rings is 1. The number of nitrogens with zero attached hydrogens (tertiary/aromatic N) is 4. The monoisotopic (exact) mass is 255 g/mol. The van der Waals surface area contributed by atoms with Gasteiger partial charge in [-0.25, -0.2) is 19.8 Å². The van der Waals surface area contributed by atoms with Gasteiger partial charge in [-0.05, 0) is 24.3 Å². The van der Waals surface area contributed by atoms with Gasteiger partial charge >= 0.3 is 5.97 Å². The molecule has 0 aromatic heterocycles. The molecule has 1 atom stereocenters. The number of fused-ring (bicyclic) bond motifs is 1. The Bertz CT molecular complexity index is 643. The Morgan fingerprint density at radius 3 is 2.68 bits per heavy atom. The molecule has 0 bridgehead atoms. The lowest BCUT2D eigenvalue weighted by molar-refractivity contribution is 0.0697. The minimum Gasteiger partial charge on any atom is -0.478 e. The third kappa shape index (κ3) is 2.13. The fourth-order valence-corrected chi connectivity index (χ4v) is 1.76. The highest BCUT2D eigenvalue weighted by molar-refractivity contribution is 6.23. The molecule has 94 valence electrons. The van der Waals surface area contributed by atoms with Gasteiger partial charge < -0.3 is 10.4 Å². The SMILES string of the molecule is O=C(O)c1ccc(NC2=NC=NC3=NC=NC32)cc1. The van der Waals surface area contributed by atoms with Gasteiger partial charge in [-0.2, -0.15) is 0 Å². The second kappa shape index (κ2) is 4.45. The minimum atomic E-state index is -0.955. The molecule has 7 heteroatoms. The van der Waals surface area contributed by atoms with E-state index in [2.05, 4.69) is 25.3 Å². The normalized spacial score (nSPS) is 19.7. The van der Waals surface area contributed by atoms with Crippen LogP contribution in [-0.2, 0) is 0 Å². The average molecular weight is 255 g/mol. The van der Waals surface area contributed by atoms with Gasteiger partial charge in [0.25, 0.3) is 0 Å². The van der Waals surface area contributed by atoms with Crippen LogP contribution < -0.4 is 5.32 Å². The maximum absolute atomic E-state index is 10.8. The fraction of sp³-hybridized carbons (Fsp3) is 0.0833. The summed E-state index contributed by atoms with van der Waals surface area (Å²) in [6.07, 6.45) is 2.87. The van der Waals surface area contributed by atoms with Gasteiger partial charge in [-0.1, -0.05) is 0 Å². The summed E-state index contributed by atoms with van der Waals surface area (Å²) in [6.45, 7) is 0. The Morgan fingerprint density at radius 2 is 1.95 bits per heavy atom. The number of carboxylic acids is 1. The largest absolute Gasteiger partial charge is 0.478 e. The summed E-state index contributed by atoms with van der Waals surface area (Å²) in [4.78, 5) is 27.1. The average Bonchev–Trinajstić information content (AvgIpc) is 2.89. The topological polar surface area (TPSA) is 98.8 Å². The second-order valence-corrected chi connectivity index (χ2v) is 3.92. The van der Waals surface area contributed by atoms with Crippen LogP contribution in [-0.4, -0.2) is 41.5 Å². The summed E-state index contributed by atoms with van der Waals surface area (Å²) in [6, 6.07) is 6.09. The van der Waals surface area contributed by atoms with Gasteiger partial charge in [0.15, 0.2) is 11.9 Å². The molecule has 2 aliphatic heterocycles. The number of amidine groups is 2. The zero-order chi connectivity index (χ0) is 13.2. The van der Waals surface area contributed by atoms with Crippen molar-refractivity contribution in [1.29, 1.82) is 0 Å². The first kappa shape index (κ1) is 11.3. The summed E-state index contributed by atoms with van der Waals surface area (Å²) >= 11 is 0. The highest BCUT2D eigenvalue weighted by Gasteiger charge is 2.26. The zero-order valence-electron chi connectivity index (χ0n) is 9.69. The number of aliphatic imine (C=N–C) groups is 4. The molecule has 2 N–H and O–H groups in total. The van der Waals surface area contributed by atoms with Crippen molar-refractivity contribution >= 4 is 36.0 Å². The lowest BCUT2D eigenvalue weighted by atomic mass is 10.2. The Morgan fingerprint density at radius 1 is 1.16 bits per heavy atom. The molecule has 19 heavy (non-hydrogen) atoms. The van der Waals surface area contributed by atoms with E-state index in [1.165, 1.54) is 24.8 Å². The summed E-state index contributed by atoms with van der Waals surface area (Å²) < 4.78 is 0. The number of carbonyl (C=O) groups is 1. The molecule has 0 saturated heterocycles. The van der Waals surface area contributed by atoms with Crippen molar-refractivity contribution in [2.75, 3.05) is 5.32 Å². The molecule has 2 aliphatic rings. The lowest BCUT2D eigenvalue weighted by Gasteiger charge is -2.15. The molecule has 1 unspecified atom stereocenters. The van der Waals surface area contributed by atoms with Gasteiger partial charge in [0, 0.05) is 5.69 Å². The van der Waals surface area contributed by atoms with Crippen LogP contribution in [0.1, 0.15) is 10.4 Å². The smallest absolute Gasteiger partial charge is 0.335 e.